The van der Waals surface area contributed by atoms with Gasteiger partial charge in [0, 0.05) is 11.1 Å². The van der Waals surface area contributed by atoms with Gasteiger partial charge < -0.3 is 10.1 Å². The summed E-state index contributed by atoms with van der Waals surface area (Å²) in [6.07, 6.45) is 1.62. The largest absolute Gasteiger partial charge is 0.477 e. The van der Waals surface area contributed by atoms with Gasteiger partial charge in [0.05, 0.1) is 12.6 Å². The van der Waals surface area contributed by atoms with Crippen molar-refractivity contribution < 1.29 is 9.53 Å². The van der Waals surface area contributed by atoms with Crippen molar-refractivity contribution >= 4 is 17.2 Å². The summed E-state index contributed by atoms with van der Waals surface area (Å²) in [5.41, 5.74) is 1.48. The molecule has 0 radical (unpaired) electrons. The Hall–Kier alpha value is -2.66. The van der Waals surface area contributed by atoms with Crippen LogP contribution in [0.15, 0.2) is 66.2 Å². The fraction of sp³-hybridized carbons (Fsp3) is 0.158. The Labute approximate surface area is 145 Å². The van der Waals surface area contributed by atoms with E-state index in [0.29, 0.717) is 18.1 Å². The van der Waals surface area contributed by atoms with Crippen LogP contribution in [0.1, 0.15) is 33.8 Å². The van der Waals surface area contributed by atoms with Gasteiger partial charge in [0.2, 0.25) is 5.88 Å². The molecule has 2 heterocycles. The third kappa shape index (κ3) is 3.63. The van der Waals surface area contributed by atoms with Gasteiger partial charge in [-0.05, 0) is 36.1 Å². The number of ether oxygens (including phenoxy) is 1. The molecule has 0 fully saturated rings. The number of nitrogens with zero attached hydrogens (tertiary/aromatic N) is 1. The number of carbonyl (C=O) groups excluding carboxylic acids is 1. The fourth-order valence-electron chi connectivity index (χ4n) is 2.44. The van der Waals surface area contributed by atoms with Crippen molar-refractivity contribution in [1.29, 1.82) is 0 Å². The minimum Gasteiger partial charge on any atom is -0.477 e. The van der Waals surface area contributed by atoms with Gasteiger partial charge in [0.25, 0.3) is 5.91 Å². The van der Waals surface area contributed by atoms with E-state index in [9.17, 15) is 4.79 Å². The molecule has 3 rings (SSSR count). The average molecular weight is 338 g/mol. The second-order valence-corrected chi connectivity index (χ2v) is 6.10. The zero-order chi connectivity index (χ0) is 16.8. The van der Waals surface area contributed by atoms with Crippen molar-refractivity contribution in [3.8, 4) is 5.88 Å². The Balaban J connectivity index is 1.90. The lowest BCUT2D eigenvalue weighted by Crippen LogP contribution is -2.29. The van der Waals surface area contributed by atoms with Crippen LogP contribution in [0.25, 0.3) is 0 Å². The predicted molar refractivity (Wildman–Crippen MR) is 95.5 cm³/mol. The van der Waals surface area contributed by atoms with Crippen LogP contribution in [0.5, 0.6) is 5.88 Å². The average Bonchev–Trinajstić information content (AvgIpc) is 3.15. The number of amides is 1. The minimum absolute atomic E-state index is 0.200. The number of aromatic nitrogens is 1. The second kappa shape index (κ2) is 7.75. The Morgan fingerprint density at radius 3 is 2.71 bits per heavy atom. The Bertz CT molecular complexity index is 788. The number of carbonyl (C=O) groups is 1. The van der Waals surface area contributed by atoms with Crippen LogP contribution < -0.4 is 10.1 Å². The predicted octanol–water partition coefficient (Wildman–Crippen LogP) is 4.06. The van der Waals surface area contributed by atoms with Crippen LogP contribution in [0, 0.1) is 0 Å². The summed E-state index contributed by atoms with van der Waals surface area (Å²) in [5, 5.41) is 5.11. The van der Waals surface area contributed by atoms with Gasteiger partial charge in [0.15, 0.2) is 0 Å². The van der Waals surface area contributed by atoms with E-state index in [1.165, 1.54) is 0 Å². The smallest absolute Gasteiger partial charge is 0.257 e. The highest BCUT2D eigenvalue weighted by Gasteiger charge is 2.21. The maximum absolute atomic E-state index is 12.8. The summed E-state index contributed by atoms with van der Waals surface area (Å²) in [4.78, 5) is 18.0. The highest BCUT2D eigenvalue weighted by molar-refractivity contribution is 7.10. The van der Waals surface area contributed by atoms with E-state index < -0.39 is 0 Å². The van der Waals surface area contributed by atoms with Gasteiger partial charge in [0.1, 0.15) is 5.56 Å². The first kappa shape index (κ1) is 16.2. The number of pyridine rings is 1. The summed E-state index contributed by atoms with van der Waals surface area (Å²) in [5.74, 6) is 0.157. The molecule has 0 bridgehead atoms. The van der Waals surface area contributed by atoms with Crippen LogP contribution >= 0.6 is 11.3 Å². The van der Waals surface area contributed by atoms with Gasteiger partial charge in [-0.15, -0.1) is 11.3 Å². The molecule has 0 aliphatic heterocycles. The molecule has 1 amide bonds. The van der Waals surface area contributed by atoms with E-state index in [4.69, 9.17) is 4.74 Å². The molecule has 0 aliphatic rings. The number of thiophene rings is 1. The highest BCUT2D eigenvalue weighted by Crippen LogP contribution is 2.27. The summed E-state index contributed by atoms with van der Waals surface area (Å²) in [6, 6.07) is 17.2. The molecular formula is C19H18N2O2S. The first-order chi connectivity index (χ1) is 11.8. The van der Waals surface area contributed by atoms with Crippen molar-refractivity contribution in [2.75, 3.05) is 6.61 Å². The number of hydrogen-bond acceptors (Lipinski definition) is 4. The van der Waals surface area contributed by atoms with E-state index >= 15 is 0 Å². The zero-order valence-corrected chi connectivity index (χ0v) is 14.1. The first-order valence-electron chi connectivity index (χ1n) is 7.76. The number of rotatable bonds is 6. The summed E-state index contributed by atoms with van der Waals surface area (Å²) >= 11 is 1.62. The van der Waals surface area contributed by atoms with E-state index in [-0.39, 0.29) is 11.9 Å². The van der Waals surface area contributed by atoms with E-state index in [1.807, 2.05) is 54.8 Å². The van der Waals surface area contributed by atoms with Crippen molar-refractivity contribution in [3.63, 3.8) is 0 Å². The molecule has 0 spiro atoms. The fourth-order valence-corrected chi connectivity index (χ4v) is 3.25. The molecule has 1 N–H and O–H groups in total. The first-order valence-corrected chi connectivity index (χ1v) is 8.64. The SMILES string of the molecule is CCOc1ncccc1C(=O)NC(c1ccccc1)c1cccs1. The lowest BCUT2D eigenvalue weighted by Gasteiger charge is -2.19. The van der Waals surface area contributed by atoms with Gasteiger partial charge >= 0.3 is 0 Å². The molecule has 0 saturated heterocycles. The maximum Gasteiger partial charge on any atom is 0.257 e. The third-order valence-electron chi connectivity index (χ3n) is 3.53. The number of nitrogens with one attached hydrogen (secondary N) is 1. The van der Waals surface area contributed by atoms with Crippen molar-refractivity contribution in [2.45, 2.75) is 13.0 Å². The minimum atomic E-state index is -0.201. The lowest BCUT2D eigenvalue weighted by atomic mass is 10.0. The highest BCUT2D eigenvalue weighted by atomic mass is 32.1. The van der Waals surface area contributed by atoms with Gasteiger partial charge in [-0.3, -0.25) is 4.79 Å². The molecule has 1 aromatic carbocycles. The molecule has 3 aromatic rings. The van der Waals surface area contributed by atoms with E-state index in [2.05, 4.69) is 10.3 Å². The Morgan fingerprint density at radius 2 is 2.00 bits per heavy atom. The summed E-state index contributed by atoms with van der Waals surface area (Å²) in [7, 11) is 0. The molecule has 2 aromatic heterocycles. The molecule has 5 heteroatoms. The van der Waals surface area contributed by atoms with E-state index in [1.54, 1.807) is 29.7 Å². The number of benzene rings is 1. The summed E-state index contributed by atoms with van der Waals surface area (Å²) in [6.45, 7) is 2.33. The molecular weight excluding hydrogens is 320 g/mol. The monoisotopic (exact) mass is 338 g/mol. The van der Waals surface area contributed by atoms with Gasteiger partial charge in [-0.25, -0.2) is 4.98 Å². The van der Waals surface area contributed by atoms with Crippen LogP contribution in [0.2, 0.25) is 0 Å². The quantitative estimate of drug-likeness (QED) is 0.737. The molecule has 122 valence electrons. The molecule has 1 unspecified atom stereocenters. The maximum atomic E-state index is 12.8. The van der Waals surface area contributed by atoms with E-state index in [0.717, 1.165) is 10.4 Å². The molecule has 24 heavy (non-hydrogen) atoms. The second-order valence-electron chi connectivity index (χ2n) is 5.12. The molecule has 4 nitrogen and oxygen atoms in total. The standard InChI is InChI=1S/C19H18N2O2S/c1-2-23-19-15(10-6-12-20-19)18(22)21-17(16-11-7-13-24-16)14-8-4-3-5-9-14/h3-13,17H,2H2,1H3,(H,21,22). The lowest BCUT2D eigenvalue weighted by molar-refractivity contribution is 0.0939. The topological polar surface area (TPSA) is 51.2 Å². The Kier molecular flexibility index (Phi) is 5.23. The molecule has 0 aliphatic carbocycles. The van der Waals surface area contributed by atoms with Crippen LogP contribution in [-0.2, 0) is 0 Å². The van der Waals surface area contributed by atoms with Gasteiger partial charge in [-0.1, -0.05) is 36.4 Å². The van der Waals surface area contributed by atoms with Crippen molar-refractivity contribution in [2.24, 2.45) is 0 Å². The normalized spacial score (nSPS) is 11.7. The number of hydrogen-bond donors (Lipinski definition) is 1. The van der Waals surface area contributed by atoms with Crippen molar-refractivity contribution in [1.82, 2.24) is 10.3 Å². The van der Waals surface area contributed by atoms with Gasteiger partial charge in [-0.2, -0.15) is 0 Å². The molecule has 0 saturated carbocycles. The van der Waals surface area contributed by atoms with Crippen LogP contribution in [0.3, 0.4) is 0 Å². The third-order valence-corrected chi connectivity index (χ3v) is 4.47. The zero-order valence-electron chi connectivity index (χ0n) is 13.3. The summed E-state index contributed by atoms with van der Waals surface area (Å²) < 4.78 is 5.47. The Morgan fingerprint density at radius 1 is 1.17 bits per heavy atom. The molecule has 1 atom stereocenters. The van der Waals surface area contributed by atoms with Crippen molar-refractivity contribution in [3.05, 3.63) is 82.2 Å². The van der Waals surface area contributed by atoms with Crippen LogP contribution in [-0.4, -0.2) is 17.5 Å². The van der Waals surface area contributed by atoms with Crippen LogP contribution in [0.4, 0.5) is 0 Å².